The van der Waals surface area contributed by atoms with Gasteiger partial charge in [0.2, 0.25) is 0 Å². The van der Waals surface area contributed by atoms with Gasteiger partial charge in [-0.1, -0.05) is 27.7 Å². The third-order valence-corrected chi connectivity index (χ3v) is 3.06. The highest BCUT2D eigenvalue weighted by molar-refractivity contribution is 5.14. The molecule has 0 aromatic carbocycles. The highest BCUT2D eigenvalue weighted by Gasteiger charge is 2.25. The molecule has 0 spiro atoms. The molecule has 2 heteroatoms. The maximum Gasteiger partial charge on any atom is 0.118 e. The third kappa shape index (κ3) is 2.93. The van der Waals surface area contributed by atoms with E-state index in [1.54, 1.807) is 0 Å². The number of nitrogens with zero attached hydrogens (tertiary/aromatic N) is 1. The van der Waals surface area contributed by atoms with Crippen LogP contribution < -0.4 is 0 Å². The van der Waals surface area contributed by atoms with E-state index < -0.39 is 0 Å². The monoisotopic (exact) mass is 225 g/mol. The van der Waals surface area contributed by atoms with Crippen molar-refractivity contribution in [1.29, 1.82) is 0 Å². The van der Waals surface area contributed by atoms with Gasteiger partial charge in [-0.05, 0) is 26.2 Å². The Kier molecular flexibility index (Phi) is 4.69. The lowest BCUT2D eigenvalue weighted by atomic mass is 10.0. The van der Waals surface area contributed by atoms with Crippen molar-refractivity contribution in [1.82, 2.24) is 4.90 Å². The number of hydrogen-bond donors (Lipinski definition) is 0. The average Bonchev–Trinajstić information content (AvgIpc) is 2.38. The molecule has 1 aliphatic heterocycles. The van der Waals surface area contributed by atoms with E-state index in [9.17, 15) is 0 Å². The molecule has 0 N–H and O–H groups in total. The summed E-state index contributed by atoms with van der Waals surface area (Å²) in [6.45, 7) is 15.5. The zero-order valence-corrected chi connectivity index (χ0v) is 11.7. The molecule has 0 bridgehead atoms. The van der Waals surface area contributed by atoms with Crippen molar-refractivity contribution in [3.8, 4) is 0 Å². The van der Waals surface area contributed by atoms with Crippen LogP contribution in [0, 0.1) is 11.8 Å². The maximum absolute atomic E-state index is 5.96. The normalized spacial score (nSPS) is 18.4. The van der Waals surface area contributed by atoms with E-state index in [-0.39, 0.29) is 0 Å². The fourth-order valence-corrected chi connectivity index (χ4v) is 2.37. The van der Waals surface area contributed by atoms with Gasteiger partial charge in [0.25, 0.3) is 0 Å². The Bertz CT molecular complexity index is 253. The zero-order chi connectivity index (χ0) is 12.3. The predicted octanol–water partition coefficient (Wildman–Crippen LogP) is 3.64. The summed E-state index contributed by atoms with van der Waals surface area (Å²) >= 11 is 0. The van der Waals surface area contributed by atoms with E-state index >= 15 is 0 Å². The molecule has 0 radical (unpaired) electrons. The van der Waals surface area contributed by atoms with E-state index in [0.717, 1.165) is 19.6 Å². The minimum atomic E-state index is 0.483. The molecule has 16 heavy (non-hydrogen) atoms. The quantitative estimate of drug-likeness (QED) is 0.727. The fourth-order valence-electron chi connectivity index (χ4n) is 2.37. The van der Waals surface area contributed by atoms with E-state index in [1.807, 2.05) is 0 Å². The van der Waals surface area contributed by atoms with Crippen LogP contribution in [-0.2, 0) is 4.74 Å². The summed E-state index contributed by atoms with van der Waals surface area (Å²) in [6.07, 6.45) is 1.13. The molecular formula is C14H27NO. The summed E-state index contributed by atoms with van der Waals surface area (Å²) in [4.78, 5) is 2.52. The summed E-state index contributed by atoms with van der Waals surface area (Å²) in [5, 5.41) is 0. The number of allylic oxidation sites excluding steroid dienone is 2. The minimum absolute atomic E-state index is 0.483. The van der Waals surface area contributed by atoms with Crippen LogP contribution >= 0.6 is 0 Å². The summed E-state index contributed by atoms with van der Waals surface area (Å²) < 4.78 is 5.96. The first kappa shape index (κ1) is 13.4. The molecule has 0 aromatic rings. The first-order chi connectivity index (χ1) is 7.45. The first-order valence-corrected chi connectivity index (χ1v) is 6.58. The van der Waals surface area contributed by atoms with Crippen LogP contribution in [-0.4, -0.2) is 24.1 Å². The van der Waals surface area contributed by atoms with E-state index in [1.165, 1.54) is 11.5 Å². The Labute approximate surface area is 101 Å². The van der Waals surface area contributed by atoms with E-state index in [2.05, 4.69) is 46.4 Å². The number of ether oxygens (including phenoxy) is 1. The Balaban J connectivity index is 3.11. The van der Waals surface area contributed by atoms with Gasteiger partial charge in [0.05, 0.1) is 12.3 Å². The largest absolute Gasteiger partial charge is 0.496 e. The molecule has 0 atom stereocenters. The van der Waals surface area contributed by atoms with Crippen molar-refractivity contribution in [2.45, 2.75) is 54.0 Å². The molecule has 0 aliphatic carbocycles. The van der Waals surface area contributed by atoms with Gasteiger partial charge in [0.15, 0.2) is 0 Å². The fraction of sp³-hybridized carbons (Fsp3) is 0.857. The molecule has 1 rings (SSSR count). The van der Waals surface area contributed by atoms with E-state index in [0.29, 0.717) is 17.9 Å². The van der Waals surface area contributed by atoms with Gasteiger partial charge in [-0.15, -0.1) is 0 Å². The van der Waals surface area contributed by atoms with Crippen LogP contribution in [0.3, 0.4) is 0 Å². The zero-order valence-electron chi connectivity index (χ0n) is 11.7. The van der Waals surface area contributed by atoms with Crippen LogP contribution in [0.25, 0.3) is 0 Å². The maximum atomic E-state index is 5.96. The van der Waals surface area contributed by atoms with E-state index in [4.69, 9.17) is 4.74 Å². The van der Waals surface area contributed by atoms with Gasteiger partial charge in [-0.25, -0.2) is 0 Å². The molecule has 0 fully saturated rings. The van der Waals surface area contributed by atoms with Crippen molar-refractivity contribution in [3.63, 3.8) is 0 Å². The van der Waals surface area contributed by atoms with Crippen LogP contribution in [0.4, 0.5) is 0 Å². The standard InChI is InChI=1S/C14H27NO/c1-10(2)13-14(11(3)4)16-9-7-8-15(13)12(5)6/h10-12H,7-9H2,1-6H3. The second kappa shape index (κ2) is 5.60. The molecule has 0 unspecified atom stereocenters. The molecule has 1 heterocycles. The lowest BCUT2D eigenvalue weighted by Crippen LogP contribution is -2.33. The highest BCUT2D eigenvalue weighted by atomic mass is 16.5. The minimum Gasteiger partial charge on any atom is -0.496 e. The number of hydrogen-bond acceptors (Lipinski definition) is 2. The van der Waals surface area contributed by atoms with Gasteiger partial charge < -0.3 is 9.64 Å². The number of rotatable bonds is 3. The Morgan fingerprint density at radius 2 is 1.62 bits per heavy atom. The van der Waals surface area contributed by atoms with Crippen LogP contribution in [0.5, 0.6) is 0 Å². The summed E-state index contributed by atoms with van der Waals surface area (Å²) in [7, 11) is 0. The highest BCUT2D eigenvalue weighted by Crippen LogP contribution is 2.29. The molecule has 2 nitrogen and oxygen atoms in total. The van der Waals surface area contributed by atoms with Crippen molar-refractivity contribution in [2.75, 3.05) is 13.2 Å². The van der Waals surface area contributed by atoms with Gasteiger partial charge in [0, 0.05) is 18.5 Å². The molecule has 0 amide bonds. The Morgan fingerprint density at radius 1 is 1.00 bits per heavy atom. The van der Waals surface area contributed by atoms with Crippen molar-refractivity contribution in [2.24, 2.45) is 11.8 Å². The lowest BCUT2D eigenvalue weighted by molar-refractivity contribution is 0.184. The van der Waals surface area contributed by atoms with Gasteiger partial charge in [-0.3, -0.25) is 0 Å². The summed E-state index contributed by atoms with van der Waals surface area (Å²) in [5.41, 5.74) is 1.42. The second-order valence-electron chi connectivity index (χ2n) is 5.55. The lowest BCUT2D eigenvalue weighted by Gasteiger charge is -2.33. The van der Waals surface area contributed by atoms with Crippen LogP contribution in [0.1, 0.15) is 48.0 Å². The summed E-state index contributed by atoms with van der Waals surface area (Å²) in [5.74, 6) is 2.23. The molecule has 0 saturated carbocycles. The van der Waals surface area contributed by atoms with Crippen molar-refractivity contribution >= 4 is 0 Å². The SMILES string of the molecule is CC(C)C1=C(C(C)C)N(C(C)C)CCCO1. The second-order valence-corrected chi connectivity index (χ2v) is 5.55. The topological polar surface area (TPSA) is 12.5 Å². The summed E-state index contributed by atoms with van der Waals surface area (Å²) in [6, 6.07) is 0.563. The van der Waals surface area contributed by atoms with Crippen molar-refractivity contribution in [3.05, 3.63) is 11.5 Å². The Morgan fingerprint density at radius 3 is 2.06 bits per heavy atom. The van der Waals surface area contributed by atoms with Gasteiger partial charge in [-0.2, -0.15) is 0 Å². The molecular weight excluding hydrogens is 198 g/mol. The molecule has 94 valence electrons. The van der Waals surface area contributed by atoms with Crippen LogP contribution in [0.2, 0.25) is 0 Å². The predicted molar refractivity (Wildman–Crippen MR) is 69.1 cm³/mol. The van der Waals surface area contributed by atoms with Gasteiger partial charge in [0.1, 0.15) is 5.76 Å². The van der Waals surface area contributed by atoms with Crippen LogP contribution in [0.15, 0.2) is 11.5 Å². The smallest absolute Gasteiger partial charge is 0.118 e. The molecule has 0 saturated heterocycles. The third-order valence-electron chi connectivity index (χ3n) is 3.06. The van der Waals surface area contributed by atoms with Crippen molar-refractivity contribution < 1.29 is 4.74 Å². The first-order valence-electron chi connectivity index (χ1n) is 6.58. The van der Waals surface area contributed by atoms with Gasteiger partial charge >= 0.3 is 0 Å². The molecule has 0 aromatic heterocycles. The average molecular weight is 225 g/mol. The molecule has 1 aliphatic rings. The Hall–Kier alpha value is -0.660.